The molecule has 4 nitrogen and oxygen atoms in total. The van der Waals surface area contributed by atoms with Crippen LogP contribution in [-0.4, -0.2) is 22.2 Å². The zero-order chi connectivity index (χ0) is 12.6. The Kier molecular flexibility index (Phi) is 6.28. The van der Waals surface area contributed by atoms with E-state index in [4.69, 9.17) is 10.2 Å². The number of rotatable bonds is 5. The minimum absolute atomic E-state index is 0.247. The van der Waals surface area contributed by atoms with Crippen LogP contribution in [0.3, 0.4) is 0 Å². The van der Waals surface area contributed by atoms with Gasteiger partial charge in [-0.2, -0.15) is 0 Å². The molecule has 0 saturated carbocycles. The van der Waals surface area contributed by atoms with Crippen LogP contribution < -0.4 is 0 Å². The quantitative estimate of drug-likeness (QED) is 0.552. The summed E-state index contributed by atoms with van der Waals surface area (Å²) in [7, 11) is 0. The third kappa shape index (κ3) is 4.41. The molecule has 0 saturated heterocycles. The van der Waals surface area contributed by atoms with Crippen LogP contribution in [0.15, 0.2) is 47.6 Å². The van der Waals surface area contributed by atoms with Crippen molar-refractivity contribution in [3.63, 3.8) is 0 Å². The molecule has 0 aliphatic rings. The molecule has 0 aromatic rings. The van der Waals surface area contributed by atoms with Crippen LogP contribution in [-0.2, 0) is 9.59 Å². The van der Waals surface area contributed by atoms with E-state index < -0.39 is 11.9 Å². The van der Waals surface area contributed by atoms with E-state index in [0.717, 1.165) is 0 Å². The highest BCUT2D eigenvalue weighted by molar-refractivity contribution is 6.05. The van der Waals surface area contributed by atoms with Gasteiger partial charge in [0.2, 0.25) is 0 Å². The monoisotopic (exact) mass is 222 g/mol. The number of hydrogen-bond donors (Lipinski definition) is 2. The third-order valence-corrected chi connectivity index (χ3v) is 1.66. The lowest BCUT2D eigenvalue weighted by Crippen LogP contribution is -2.11. The Bertz CT molecular complexity index is 346. The van der Waals surface area contributed by atoms with Crippen LogP contribution in [0, 0.1) is 0 Å². The van der Waals surface area contributed by atoms with Gasteiger partial charge in [-0.3, -0.25) is 0 Å². The van der Waals surface area contributed by atoms with Crippen LogP contribution in [0.2, 0.25) is 0 Å². The molecule has 0 amide bonds. The van der Waals surface area contributed by atoms with Gasteiger partial charge in [-0.1, -0.05) is 24.3 Å². The molecule has 0 aromatic heterocycles. The van der Waals surface area contributed by atoms with Gasteiger partial charge in [0.25, 0.3) is 0 Å². The first-order valence-electron chi connectivity index (χ1n) is 4.67. The van der Waals surface area contributed by atoms with Crippen molar-refractivity contribution < 1.29 is 19.8 Å². The number of carbonyl (C=O) groups is 2. The van der Waals surface area contributed by atoms with E-state index in [0.29, 0.717) is 0 Å². The van der Waals surface area contributed by atoms with Crippen molar-refractivity contribution in [2.45, 2.75) is 13.8 Å². The fraction of sp³-hybridized carbons (Fsp3) is 0.167. The van der Waals surface area contributed by atoms with Crippen molar-refractivity contribution >= 4 is 11.9 Å². The Labute approximate surface area is 93.9 Å². The summed E-state index contributed by atoms with van der Waals surface area (Å²) in [5, 5.41) is 17.8. The van der Waals surface area contributed by atoms with Gasteiger partial charge in [0.1, 0.15) is 0 Å². The van der Waals surface area contributed by atoms with E-state index >= 15 is 0 Å². The molecule has 0 aromatic carbocycles. The molecular formula is C12H14O4. The van der Waals surface area contributed by atoms with E-state index in [1.807, 2.05) is 0 Å². The van der Waals surface area contributed by atoms with Gasteiger partial charge in [0.05, 0.1) is 11.1 Å². The third-order valence-electron chi connectivity index (χ3n) is 1.66. The standard InChI is InChI=1S/C12H14O4/c1-3-5-7-9(11(13)14)10(12(15)16)8-6-4-2/h3-8H,1-2H3,(H,13,14)(H,15,16)/b5-3+,6-4+,9-7+,10-8+. The van der Waals surface area contributed by atoms with Crippen molar-refractivity contribution in [2.75, 3.05) is 0 Å². The molecule has 0 rings (SSSR count). The Morgan fingerprint density at radius 3 is 1.31 bits per heavy atom. The van der Waals surface area contributed by atoms with E-state index in [-0.39, 0.29) is 11.1 Å². The van der Waals surface area contributed by atoms with E-state index in [9.17, 15) is 9.59 Å². The molecular weight excluding hydrogens is 208 g/mol. The van der Waals surface area contributed by atoms with Crippen LogP contribution in [0.1, 0.15) is 13.8 Å². The van der Waals surface area contributed by atoms with Crippen LogP contribution in [0.5, 0.6) is 0 Å². The second-order valence-electron chi connectivity index (χ2n) is 2.82. The van der Waals surface area contributed by atoms with Crippen molar-refractivity contribution in [1.29, 1.82) is 0 Å². The van der Waals surface area contributed by atoms with Crippen molar-refractivity contribution in [1.82, 2.24) is 0 Å². The van der Waals surface area contributed by atoms with Gasteiger partial charge < -0.3 is 10.2 Å². The molecule has 0 bridgehead atoms. The zero-order valence-corrected chi connectivity index (χ0v) is 9.18. The molecule has 0 fully saturated rings. The van der Waals surface area contributed by atoms with Gasteiger partial charge in [0.15, 0.2) is 0 Å². The summed E-state index contributed by atoms with van der Waals surface area (Å²) in [4.78, 5) is 21.8. The molecule has 0 atom stereocenters. The number of allylic oxidation sites excluding steroid dienone is 6. The van der Waals surface area contributed by atoms with Gasteiger partial charge >= 0.3 is 11.9 Å². The fourth-order valence-electron chi connectivity index (χ4n) is 0.937. The van der Waals surface area contributed by atoms with Crippen molar-refractivity contribution in [3.8, 4) is 0 Å². The lowest BCUT2D eigenvalue weighted by Gasteiger charge is -2.01. The fourth-order valence-corrected chi connectivity index (χ4v) is 0.937. The number of hydrogen-bond acceptors (Lipinski definition) is 2. The Morgan fingerprint density at radius 1 is 0.812 bits per heavy atom. The predicted molar refractivity (Wildman–Crippen MR) is 61.1 cm³/mol. The molecule has 16 heavy (non-hydrogen) atoms. The highest BCUT2D eigenvalue weighted by atomic mass is 16.4. The normalized spacial score (nSPS) is 13.6. The van der Waals surface area contributed by atoms with Gasteiger partial charge in [-0.15, -0.1) is 0 Å². The summed E-state index contributed by atoms with van der Waals surface area (Å²) in [6.45, 7) is 3.43. The minimum atomic E-state index is -1.27. The second-order valence-corrected chi connectivity index (χ2v) is 2.82. The van der Waals surface area contributed by atoms with E-state index in [1.165, 1.54) is 24.3 Å². The molecule has 4 heteroatoms. The summed E-state index contributed by atoms with van der Waals surface area (Å²) < 4.78 is 0. The molecule has 0 heterocycles. The number of carboxylic acids is 2. The summed E-state index contributed by atoms with van der Waals surface area (Å²) >= 11 is 0. The highest BCUT2D eigenvalue weighted by Gasteiger charge is 2.17. The molecule has 0 aliphatic carbocycles. The predicted octanol–water partition coefficient (Wildman–Crippen LogP) is 2.16. The summed E-state index contributed by atoms with van der Waals surface area (Å²) in [6.07, 6.45) is 8.72. The maximum atomic E-state index is 10.9. The molecule has 2 N–H and O–H groups in total. The highest BCUT2D eigenvalue weighted by Crippen LogP contribution is 2.11. The average molecular weight is 222 g/mol. The van der Waals surface area contributed by atoms with Crippen LogP contribution >= 0.6 is 0 Å². The number of carboxylic acid groups (broad SMARTS) is 2. The van der Waals surface area contributed by atoms with Gasteiger partial charge in [-0.05, 0) is 26.0 Å². The summed E-state index contributed by atoms with van der Waals surface area (Å²) in [5.74, 6) is -2.53. The molecule has 0 unspecified atom stereocenters. The lowest BCUT2D eigenvalue weighted by atomic mass is 10.1. The van der Waals surface area contributed by atoms with Crippen LogP contribution in [0.25, 0.3) is 0 Å². The second kappa shape index (κ2) is 7.23. The smallest absolute Gasteiger partial charge is 0.336 e. The van der Waals surface area contributed by atoms with Gasteiger partial charge in [0, 0.05) is 0 Å². The van der Waals surface area contributed by atoms with Crippen molar-refractivity contribution in [2.24, 2.45) is 0 Å². The molecule has 86 valence electrons. The Balaban J connectivity index is 5.45. The largest absolute Gasteiger partial charge is 0.478 e. The molecule has 0 radical (unpaired) electrons. The maximum Gasteiger partial charge on any atom is 0.336 e. The summed E-state index contributed by atoms with van der Waals surface area (Å²) in [5.41, 5.74) is -0.493. The number of aliphatic carboxylic acids is 2. The summed E-state index contributed by atoms with van der Waals surface area (Å²) in [6, 6.07) is 0. The Hall–Kier alpha value is -2.10. The van der Waals surface area contributed by atoms with E-state index in [2.05, 4.69) is 0 Å². The lowest BCUT2D eigenvalue weighted by molar-refractivity contribution is -0.136. The SMILES string of the molecule is C/C=C/C=C(C(=O)O)\C(=C/C=C/C)C(=O)O. The Morgan fingerprint density at radius 2 is 1.12 bits per heavy atom. The van der Waals surface area contributed by atoms with Crippen LogP contribution in [0.4, 0.5) is 0 Å². The van der Waals surface area contributed by atoms with Crippen molar-refractivity contribution in [3.05, 3.63) is 47.6 Å². The zero-order valence-electron chi connectivity index (χ0n) is 9.18. The first-order chi connectivity index (χ1) is 7.54. The van der Waals surface area contributed by atoms with Gasteiger partial charge in [-0.25, -0.2) is 9.59 Å². The first kappa shape index (κ1) is 13.9. The molecule has 0 spiro atoms. The van der Waals surface area contributed by atoms with E-state index in [1.54, 1.807) is 26.0 Å². The molecule has 0 aliphatic heterocycles. The first-order valence-corrected chi connectivity index (χ1v) is 4.67. The topological polar surface area (TPSA) is 74.6 Å². The average Bonchev–Trinajstić information content (AvgIpc) is 2.21. The minimum Gasteiger partial charge on any atom is -0.478 e. The maximum absolute atomic E-state index is 10.9.